The zero-order chi connectivity index (χ0) is 18.5. The van der Waals surface area contributed by atoms with E-state index in [0.717, 1.165) is 50.3 Å². The Labute approximate surface area is 189 Å². The number of nitrogens with one attached hydrogen (secondary N) is 1. The van der Waals surface area contributed by atoms with E-state index in [1.54, 1.807) is 0 Å². The SMILES string of the molecule is CN=C(NCCSCc1cccc2ccccc12)N1CCC2(CCOC2)C1.I. The number of likely N-dealkylation sites (tertiary alicyclic amines) is 1. The van der Waals surface area contributed by atoms with Crippen molar-refractivity contribution in [1.82, 2.24) is 10.2 Å². The number of aliphatic imine (C=N–C) groups is 1. The van der Waals surface area contributed by atoms with E-state index < -0.39 is 0 Å². The molecule has 2 heterocycles. The van der Waals surface area contributed by atoms with E-state index in [4.69, 9.17) is 4.74 Å². The van der Waals surface area contributed by atoms with Gasteiger partial charge in [-0.15, -0.1) is 24.0 Å². The zero-order valence-electron chi connectivity index (χ0n) is 16.5. The Morgan fingerprint density at radius 2 is 2.07 bits per heavy atom. The van der Waals surface area contributed by atoms with Gasteiger partial charge in [0.1, 0.15) is 0 Å². The largest absolute Gasteiger partial charge is 0.381 e. The van der Waals surface area contributed by atoms with Crippen molar-refractivity contribution in [2.75, 3.05) is 45.6 Å². The number of thioether (sulfide) groups is 1. The van der Waals surface area contributed by atoms with Gasteiger partial charge in [0.25, 0.3) is 0 Å². The van der Waals surface area contributed by atoms with Crippen molar-refractivity contribution < 1.29 is 4.74 Å². The molecule has 1 spiro atoms. The summed E-state index contributed by atoms with van der Waals surface area (Å²) < 4.78 is 5.64. The highest BCUT2D eigenvalue weighted by Crippen LogP contribution is 2.38. The minimum Gasteiger partial charge on any atom is -0.381 e. The fraction of sp³-hybridized carbons (Fsp3) is 0.500. The van der Waals surface area contributed by atoms with Crippen LogP contribution in [0.25, 0.3) is 10.8 Å². The molecule has 0 aromatic heterocycles. The molecule has 4 nitrogen and oxygen atoms in total. The lowest BCUT2D eigenvalue weighted by Gasteiger charge is -2.24. The van der Waals surface area contributed by atoms with Crippen LogP contribution >= 0.6 is 35.7 Å². The predicted octanol–water partition coefficient (Wildman–Crippen LogP) is 4.38. The number of hydrogen-bond donors (Lipinski definition) is 1. The van der Waals surface area contributed by atoms with Crippen molar-refractivity contribution >= 4 is 52.5 Å². The van der Waals surface area contributed by atoms with Crippen LogP contribution in [0.2, 0.25) is 0 Å². The van der Waals surface area contributed by atoms with Crippen molar-refractivity contribution in [3.63, 3.8) is 0 Å². The summed E-state index contributed by atoms with van der Waals surface area (Å²) in [6.07, 6.45) is 2.42. The van der Waals surface area contributed by atoms with Crippen molar-refractivity contribution in [1.29, 1.82) is 0 Å². The van der Waals surface area contributed by atoms with Gasteiger partial charge in [-0.2, -0.15) is 11.8 Å². The van der Waals surface area contributed by atoms with Crippen LogP contribution in [-0.2, 0) is 10.5 Å². The summed E-state index contributed by atoms with van der Waals surface area (Å²) in [6.45, 7) is 4.95. The lowest BCUT2D eigenvalue weighted by molar-refractivity contribution is 0.156. The van der Waals surface area contributed by atoms with E-state index in [-0.39, 0.29) is 24.0 Å². The third-order valence-electron chi connectivity index (χ3n) is 5.80. The number of hydrogen-bond acceptors (Lipinski definition) is 3. The highest BCUT2D eigenvalue weighted by Gasteiger charge is 2.42. The van der Waals surface area contributed by atoms with Crippen LogP contribution in [0.15, 0.2) is 47.5 Å². The third kappa shape index (κ3) is 4.94. The van der Waals surface area contributed by atoms with E-state index >= 15 is 0 Å². The van der Waals surface area contributed by atoms with Crippen molar-refractivity contribution in [2.45, 2.75) is 18.6 Å². The molecule has 28 heavy (non-hydrogen) atoms. The molecule has 1 N–H and O–H groups in total. The maximum Gasteiger partial charge on any atom is 0.193 e. The summed E-state index contributed by atoms with van der Waals surface area (Å²) in [6, 6.07) is 15.2. The molecule has 152 valence electrons. The topological polar surface area (TPSA) is 36.9 Å². The average Bonchev–Trinajstić information content (AvgIpc) is 3.35. The highest BCUT2D eigenvalue weighted by atomic mass is 127. The molecule has 6 heteroatoms. The summed E-state index contributed by atoms with van der Waals surface area (Å²) in [5.41, 5.74) is 1.80. The maximum absolute atomic E-state index is 5.64. The molecule has 4 rings (SSSR count). The summed E-state index contributed by atoms with van der Waals surface area (Å²) in [5, 5.41) is 6.25. The number of rotatable bonds is 5. The highest BCUT2D eigenvalue weighted by molar-refractivity contribution is 14.0. The Kier molecular flexibility index (Phi) is 7.88. The van der Waals surface area contributed by atoms with Gasteiger partial charge < -0.3 is 15.0 Å². The number of benzene rings is 2. The summed E-state index contributed by atoms with van der Waals surface area (Å²) in [4.78, 5) is 6.91. The van der Waals surface area contributed by atoms with Gasteiger partial charge in [0.05, 0.1) is 6.61 Å². The lowest BCUT2D eigenvalue weighted by Crippen LogP contribution is -2.42. The molecule has 0 aliphatic carbocycles. The lowest BCUT2D eigenvalue weighted by atomic mass is 9.87. The standard InChI is InChI=1S/C22H29N3OS.HI/c1-23-21(25-12-9-22(16-25)10-13-26-17-22)24-11-14-27-15-19-7-4-6-18-5-2-3-8-20(18)19;/h2-8H,9-17H2,1H3,(H,23,24);1H. The van der Waals surface area contributed by atoms with E-state index in [0.29, 0.717) is 5.41 Å². The monoisotopic (exact) mass is 511 g/mol. The first-order chi connectivity index (χ1) is 13.3. The molecular formula is C22H30IN3OS. The van der Waals surface area contributed by atoms with Crippen molar-refractivity contribution in [3.8, 4) is 0 Å². The van der Waals surface area contributed by atoms with Gasteiger partial charge in [-0.3, -0.25) is 4.99 Å². The molecule has 0 saturated carbocycles. The van der Waals surface area contributed by atoms with Crippen LogP contribution in [0.5, 0.6) is 0 Å². The minimum atomic E-state index is 0. The molecule has 2 fully saturated rings. The minimum absolute atomic E-state index is 0. The van der Waals surface area contributed by atoms with Crippen LogP contribution in [0, 0.1) is 5.41 Å². The summed E-state index contributed by atoms with van der Waals surface area (Å²) in [5.74, 6) is 3.17. The third-order valence-corrected chi connectivity index (χ3v) is 6.81. The number of fused-ring (bicyclic) bond motifs is 1. The van der Waals surface area contributed by atoms with Gasteiger partial charge in [0.2, 0.25) is 0 Å². The smallest absolute Gasteiger partial charge is 0.193 e. The Hall–Kier alpha value is -0.990. The first kappa shape index (κ1) is 21.7. The second kappa shape index (κ2) is 10.2. The number of ether oxygens (including phenoxy) is 1. The normalized spacial score (nSPS) is 22.0. The average molecular weight is 511 g/mol. The Morgan fingerprint density at radius 1 is 1.21 bits per heavy atom. The first-order valence-electron chi connectivity index (χ1n) is 9.87. The van der Waals surface area contributed by atoms with Crippen LogP contribution in [-0.4, -0.2) is 56.5 Å². The van der Waals surface area contributed by atoms with Crippen LogP contribution in [0.1, 0.15) is 18.4 Å². The Bertz CT molecular complexity index is 802. The molecule has 1 unspecified atom stereocenters. The number of guanidine groups is 1. The molecule has 2 saturated heterocycles. The summed E-state index contributed by atoms with van der Waals surface area (Å²) >= 11 is 1.98. The number of halogens is 1. The Balaban J connectivity index is 0.00000225. The van der Waals surface area contributed by atoms with Crippen molar-refractivity contribution in [3.05, 3.63) is 48.0 Å². The molecule has 2 aliphatic heterocycles. The van der Waals surface area contributed by atoms with Crippen LogP contribution < -0.4 is 5.32 Å². The quantitative estimate of drug-likeness (QED) is 0.280. The van der Waals surface area contributed by atoms with E-state index in [2.05, 4.69) is 57.7 Å². The fourth-order valence-electron chi connectivity index (χ4n) is 4.26. The van der Waals surface area contributed by atoms with Crippen LogP contribution in [0.3, 0.4) is 0 Å². The second-order valence-corrected chi connectivity index (χ2v) is 8.74. The van der Waals surface area contributed by atoms with Crippen molar-refractivity contribution in [2.24, 2.45) is 10.4 Å². The van der Waals surface area contributed by atoms with Gasteiger partial charge in [-0.25, -0.2) is 0 Å². The van der Waals surface area contributed by atoms with Gasteiger partial charge in [0.15, 0.2) is 5.96 Å². The molecule has 2 aromatic carbocycles. The van der Waals surface area contributed by atoms with Gasteiger partial charge in [-0.05, 0) is 29.2 Å². The molecule has 0 radical (unpaired) electrons. The first-order valence-corrected chi connectivity index (χ1v) is 11.0. The van der Waals surface area contributed by atoms with E-state index in [1.165, 1.54) is 29.2 Å². The second-order valence-electron chi connectivity index (χ2n) is 7.64. The van der Waals surface area contributed by atoms with E-state index in [1.807, 2.05) is 18.8 Å². The molecular weight excluding hydrogens is 481 g/mol. The molecule has 0 bridgehead atoms. The maximum atomic E-state index is 5.64. The van der Waals surface area contributed by atoms with Gasteiger partial charge >= 0.3 is 0 Å². The Morgan fingerprint density at radius 3 is 2.89 bits per heavy atom. The van der Waals surface area contributed by atoms with E-state index in [9.17, 15) is 0 Å². The fourth-order valence-corrected chi connectivity index (χ4v) is 5.12. The van der Waals surface area contributed by atoms with Crippen LogP contribution in [0.4, 0.5) is 0 Å². The van der Waals surface area contributed by atoms with Gasteiger partial charge in [-0.1, -0.05) is 42.5 Å². The zero-order valence-corrected chi connectivity index (χ0v) is 19.7. The molecule has 1 atom stereocenters. The molecule has 0 amide bonds. The molecule has 2 aliphatic rings. The predicted molar refractivity (Wildman–Crippen MR) is 131 cm³/mol. The molecule has 2 aromatic rings. The number of nitrogens with zero attached hydrogens (tertiary/aromatic N) is 2. The van der Waals surface area contributed by atoms with Gasteiger partial charge in [0, 0.05) is 50.2 Å². The summed E-state index contributed by atoms with van der Waals surface area (Å²) in [7, 11) is 1.89.